The zero-order chi connectivity index (χ0) is 13.3. The van der Waals surface area contributed by atoms with Crippen molar-refractivity contribution >= 4 is 26.8 Å². The molecule has 18 heavy (non-hydrogen) atoms. The average Bonchev–Trinajstić information content (AvgIpc) is 2.32. The topological polar surface area (TPSA) is 55.1 Å². The fraction of sp³-hybridized carbons (Fsp3) is 0.385. The van der Waals surface area contributed by atoms with Crippen LogP contribution >= 0.6 is 15.9 Å². The molecule has 0 saturated carbocycles. The van der Waals surface area contributed by atoms with Crippen molar-refractivity contribution in [2.75, 3.05) is 0 Å². The van der Waals surface area contributed by atoms with Gasteiger partial charge >= 0.3 is 0 Å². The lowest BCUT2D eigenvalue weighted by Crippen LogP contribution is -2.29. The predicted molar refractivity (Wildman–Crippen MR) is 74.5 cm³/mol. The minimum atomic E-state index is -0.544. The van der Waals surface area contributed by atoms with Crippen molar-refractivity contribution in [2.24, 2.45) is 5.92 Å². The van der Waals surface area contributed by atoms with Crippen molar-refractivity contribution in [1.29, 1.82) is 0 Å². The van der Waals surface area contributed by atoms with Crippen molar-refractivity contribution in [1.82, 2.24) is 9.55 Å². The molecule has 0 aliphatic rings. The van der Waals surface area contributed by atoms with Crippen LogP contribution in [0.25, 0.3) is 10.9 Å². The van der Waals surface area contributed by atoms with Gasteiger partial charge in [0.2, 0.25) is 0 Å². The van der Waals surface area contributed by atoms with Crippen molar-refractivity contribution in [3.05, 3.63) is 39.4 Å². The Bertz CT molecular complexity index is 622. The van der Waals surface area contributed by atoms with Gasteiger partial charge in [-0.25, -0.2) is 4.98 Å². The zero-order valence-electron chi connectivity index (χ0n) is 10.3. The van der Waals surface area contributed by atoms with Gasteiger partial charge < -0.3 is 5.11 Å². The quantitative estimate of drug-likeness (QED) is 0.945. The Kier molecular flexibility index (Phi) is 3.82. The highest BCUT2D eigenvalue weighted by atomic mass is 79.9. The van der Waals surface area contributed by atoms with Gasteiger partial charge in [-0.1, -0.05) is 29.8 Å². The Morgan fingerprint density at radius 3 is 2.83 bits per heavy atom. The standard InChI is InChI=1S/C13H15BrN2O2/c1-8(2)12(17)6-16-7-15-11-5-9(14)3-4-10(11)13(16)18/h3-5,7-8,12,17H,6H2,1-2H3. The maximum atomic E-state index is 12.2. The molecule has 1 aromatic heterocycles. The molecule has 0 fully saturated rings. The van der Waals surface area contributed by atoms with E-state index in [1.54, 1.807) is 12.1 Å². The van der Waals surface area contributed by atoms with Crippen LogP contribution in [0.4, 0.5) is 0 Å². The summed E-state index contributed by atoms with van der Waals surface area (Å²) in [6, 6.07) is 5.36. The number of nitrogens with zero attached hydrogens (tertiary/aromatic N) is 2. The fourth-order valence-electron chi connectivity index (χ4n) is 1.67. The van der Waals surface area contributed by atoms with Gasteiger partial charge in [-0.05, 0) is 24.1 Å². The summed E-state index contributed by atoms with van der Waals surface area (Å²) in [4.78, 5) is 16.4. The molecule has 1 atom stereocenters. The largest absolute Gasteiger partial charge is 0.391 e. The molecule has 96 valence electrons. The molecular weight excluding hydrogens is 296 g/mol. The average molecular weight is 311 g/mol. The molecule has 0 aliphatic heterocycles. The smallest absolute Gasteiger partial charge is 0.261 e. The Morgan fingerprint density at radius 2 is 2.17 bits per heavy atom. The maximum Gasteiger partial charge on any atom is 0.261 e. The summed E-state index contributed by atoms with van der Waals surface area (Å²) < 4.78 is 2.35. The van der Waals surface area contributed by atoms with Gasteiger partial charge in [0, 0.05) is 4.47 Å². The van der Waals surface area contributed by atoms with Gasteiger partial charge in [0.25, 0.3) is 5.56 Å². The van der Waals surface area contributed by atoms with E-state index in [1.807, 2.05) is 19.9 Å². The molecular formula is C13H15BrN2O2. The number of hydrogen-bond donors (Lipinski definition) is 1. The summed E-state index contributed by atoms with van der Waals surface area (Å²) in [5.74, 6) is 0.109. The summed E-state index contributed by atoms with van der Waals surface area (Å²) in [5, 5.41) is 10.4. The third kappa shape index (κ3) is 2.62. The molecule has 0 saturated heterocycles. The van der Waals surface area contributed by atoms with E-state index < -0.39 is 6.10 Å². The Labute approximate surface area is 113 Å². The molecule has 1 N–H and O–H groups in total. The van der Waals surface area contributed by atoms with Crippen LogP contribution in [0.15, 0.2) is 33.8 Å². The van der Waals surface area contributed by atoms with Crippen LogP contribution in [0.2, 0.25) is 0 Å². The van der Waals surface area contributed by atoms with Gasteiger partial charge in [-0.2, -0.15) is 0 Å². The minimum absolute atomic E-state index is 0.109. The zero-order valence-corrected chi connectivity index (χ0v) is 11.9. The lowest BCUT2D eigenvalue weighted by Gasteiger charge is -2.15. The number of benzene rings is 1. The molecule has 2 aromatic rings. The summed E-state index contributed by atoms with van der Waals surface area (Å²) in [6.45, 7) is 4.11. The molecule has 0 amide bonds. The van der Waals surface area contributed by atoms with E-state index in [1.165, 1.54) is 10.9 Å². The molecule has 2 rings (SSSR count). The summed E-state index contributed by atoms with van der Waals surface area (Å²) in [5.41, 5.74) is 0.539. The minimum Gasteiger partial charge on any atom is -0.391 e. The highest BCUT2D eigenvalue weighted by Gasteiger charge is 2.12. The first-order valence-corrected chi connectivity index (χ1v) is 6.61. The van der Waals surface area contributed by atoms with Gasteiger partial charge in [0.05, 0.1) is 29.9 Å². The SMILES string of the molecule is CC(C)C(O)Cn1cnc2cc(Br)ccc2c1=O. The molecule has 1 heterocycles. The first kappa shape index (κ1) is 13.2. The third-order valence-electron chi connectivity index (χ3n) is 2.94. The van der Waals surface area contributed by atoms with Crippen LogP contribution in [-0.2, 0) is 6.54 Å². The van der Waals surface area contributed by atoms with Gasteiger partial charge in [0.1, 0.15) is 0 Å². The normalized spacial score (nSPS) is 13.2. The number of fused-ring (bicyclic) bond motifs is 1. The Hall–Kier alpha value is -1.20. The number of rotatable bonds is 3. The highest BCUT2D eigenvalue weighted by molar-refractivity contribution is 9.10. The molecule has 0 bridgehead atoms. The first-order chi connectivity index (χ1) is 8.49. The van der Waals surface area contributed by atoms with Crippen molar-refractivity contribution < 1.29 is 5.11 Å². The van der Waals surface area contributed by atoms with Crippen molar-refractivity contribution in [3.63, 3.8) is 0 Å². The first-order valence-electron chi connectivity index (χ1n) is 5.82. The Morgan fingerprint density at radius 1 is 1.44 bits per heavy atom. The van der Waals surface area contributed by atoms with Crippen LogP contribution in [-0.4, -0.2) is 20.8 Å². The molecule has 0 radical (unpaired) electrons. The fourth-order valence-corrected chi connectivity index (χ4v) is 2.02. The van der Waals surface area contributed by atoms with Crippen LogP contribution in [0, 0.1) is 5.92 Å². The van der Waals surface area contributed by atoms with E-state index in [0.29, 0.717) is 10.9 Å². The van der Waals surface area contributed by atoms with Crippen LogP contribution < -0.4 is 5.56 Å². The number of hydrogen-bond acceptors (Lipinski definition) is 3. The molecule has 1 aromatic carbocycles. The van der Waals surface area contributed by atoms with E-state index in [2.05, 4.69) is 20.9 Å². The second-order valence-electron chi connectivity index (χ2n) is 4.67. The number of halogens is 1. The van der Waals surface area contributed by atoms with E-state index >= 15 is 0 Å². The third-order valence-corrected chi connectivity index (χ3v) is 3.43. The van der Waals surface area contributed by atoms with E-state index in [9.17, 15) is 9.90 Å². The van der Waals surface area contributed by atoms with Gasteiger partial charge in [-0.3, -0.25) is 9.36 Å². The molecule has 4 nitrogen and oxygen atoms in total. The lowest BCUT2D eigenvalue weighted by molar-refractivity contribution is 0.105. The maximum absolute atomic E-state index is 12.2. The molecule has 5 heteroatoms. The molecule has 0 aliphatic carbocycles. The molecule has 1 unspecified atom stereocenters. The second kappa shape index (κ2) is 5.20. The van der Waals surface area contributed by atoms with Crippen molar-refractivity contribution in [2.45, 2.75) is 26.5 Å². The Balaban J connectivity index is 2.45. The summed E-state index contributed by atoms with van der Waals surface area (Å²) in [7, 11) is 0. The second-order valence-corrected chi connectivity index (χ2v) is 5.59. The van der Waals surface area contributed by atoms with Crippen LogP contribution in [0.3, 0.4) is 0 Å². The van der Waals surface area contributed by atoms with Gasteiger partial charge in [-0.15, -0.1) is 0 Å². The number of aliphatic hydroxyl groups excluding tert-OH is 1. The number of aromatic nitrogens is 2. The van der Waals surface area contributed by atoms with Crippen LogP contribution in [0.5, 0.6) is 0 Å². The summed E-state index contributed by atoms with van der Waals surface area (Å²) >= 11 is 3.35. The van der Waals surface area contributed by atoms with E-state index in [0.717, 1.165) is 4.47 Å². The van der Waals surface area contributed by atoms with Crippen molar-refractivity contribution in [3.8, 4) is 0 Å². The summed E-state index contributed by atoms with van der Waals surface area (Å²) in [6.07, 6.45) is 0.945. The molecule has 0 spiro atoms. The van der Waals surface area contributed by atoms with Crippen LogP contribution in [0.1, 0.15) is 13.8 Å². The van der Waals surface area contributed by atoms with E-state index in [4.69, 9.17) is 0 Å². The monoisotopic (exact) mass is 310 g/mol. The van der Waals surface area contributed by atoms with Gasteiger partial charge in [0.15, 0.2) is 0 Å². The lowest BCUT2D eigenvalue weighted by atomic mass is 10.1. The van der Waals surface area contributed by atoms with E-state index in [-0.39, 0.29) is 18.0 Å². The highest BCUT2D eigenvalue weighted by Crippen LogP contribution is 2.15. The number of aliphatic hydroxyl groups is 1. The predicted octanol–water partition coefficient (Wildman–Crippen LogP) is 2.18.